The molecule has 1 fully saturated rings. The number of aliphatic hydroxyl groups is 1. The largest absolute Gasteiger partial charge is 0.388 e. The van der Waals surface area contributed by atoms with Crippen LogP contribution >= 0.6 is 11.5 Å². The maximum Gasteiger partial charge on any atom is 0.281 e. The van der Waals surface area contributed by atoms with Crippen molar-refractivity contribution in [2.24, 2.45) is 5.73 Å². The van der Waals surface area contributed by atoms with Gasteiger partial charge in [-0.1, -0.05) is 12.1 Å². The Bertz CT molecular complexity index is 1660. The average Bonchev–Trinajstić information content (AvgIpc) is 3.66. The number of likely N-dealkylation sites (tertiary alicyclic amines) is 1. The van der Waals surface area contributed by atoms with E-state index in [0.29, 0.717) is 5.52 Å². The maximum atomic E-state index is 13.6. The van der Waals surface area contributed by atoms with Gasteiger partial charge in [-0.05, 0) is 60.0 Å². The molecule has 1 amide bonds. The lowest BCUT2D eigenvalue weighted by Crippen LogP contribution is -2.50. The minimum absolute atomic E-state index is 0.0490. The number of aromatic nitrogens is 5. The number of carbonyl (C=O) groups is 1. The number of hydrogen-bond acceptors (Lipinski definition) is 8. The summed E-state index contributed by atoms with van der Waals surface area (Å²) < 4.78 is 46.8. The molecule has 2 unspecified atom stereocenters. The molecule has 4 heterocycles. The van der Waals surface area contributed by atoms with Crippen LogP contribution in [0.2, 0.25) is 0 Å². The number of benzene rings is 1. The Morgan fingerprint density at radius 2 is 1.93 bits per heavy atom. The minimum Gasteiger partial charge on any atom is -0.388 e. The third-order valence-corrected chi connectivity index (χ3v) is 8.88. The first kappa shape index (κ1) is 27.5. The van der Waals surface area contributed by atoms with Crippen molar-refractivity contribution < 1.29 is 23.1 Å². The molecule has 0 saturated carbocycles. The van der Waals surface area contributed by atoms with Crippen LogP contribution in [0.3, 0.4) is 0 Å². The Morgan fingerprint density at radius 3 is 2.63 bits per heavy atom. The molecular weight excluding hydrogens is 559 g/mol. The van der Waals surface area contributed by atoms with Crippen LogP contribution in [0.1, 0.15) is 36.4 Å². The van der Waals surface area contributed by atoms with E-state index in [9.17, 15) is 27.9 Å². The molecular formula is C27H28F3N7O3S. The van der Waals surface area contributed by atoms with E-state index < -0.39 is 36.3 Å². The average molecular weight is 588 g/mol. The molecule has 14 heteroatoms. The fraction of sp³-hybridized carbons (Fsp3) is 0.444. The van der Waals surface area contributed by atoms with E-state index in [1.807, 2.05) is 6.07 Å². The fourth-order valence-electron chi connectivity index (χ4n) is 5.71. The highest BCUT2D eigenvalue weighted by Gasteiger charge is 2.36. The second kappa shape index (κ2) is 10.7. The minimum atomic E-state index is -2.92. The van der Waals surface area contributed by atoms with Crippen molar-refractivity contribution in [3.8, 4) is 10.4 Å². The molecule has 41 heavy (non-hydrogen) atoms. The second-order valence-electron chi connectivity index (χ2n) is 10.9. The Balaban J connectivity index is 1.13. The lowest BCUT2D eigenvalue weighted by atomic mass is 9.91. The van der Waals surface area contributed by atoms with Crippen molar-refractivity contribution in [3.63, 3.8) is 0 Å². The van der Waals surface area contributed by atoms with Crippen molar-refractivity contribution in [2.45, 2.75) is 62.8 Å². The van der Waals surface area contributed by atoms with Gasteiger partial charge >= 0.3 is 0 Å². The number of amides is 1. The van der Waals surface area contributed by atoms with Crippen LogP contribution < -0.4 is 11.3 Å². The molecule has 1 aromatic carbocycles. The van der Waals surface area contributed by atoms with Crippen molar-refractivity contribution in [1.29, 1.82) is 0 Å². The third-order valence-electron chi connectivity index (χ3n) is 7.99. The zero-order valence-electron chi connectivity index (χ0n) is 21.9. The van der Waals surface area contributed by atoms with Gasteiger partial charge in [-0.25, -0.2) is 13.8 Å². The highest BCUT2D eigenvalue weighted by atomic mass is 32.1. The predicted molar refractivity (Wildman–Crippen MR) is 145 cm³/mol. The molecule has 1 saturated heterocycles. The van der Waals surface area contributed by atoms with Crippen LogP contribution in [0.15, 0.2) is 41.6 Å². The van der Waals surface area contributed by atoms with Crippen LogP contribution in [0.5, 0.6) is 0 Å². The molecule has 3 aromatic heterocycles. The number of carbonyl (C=O) groups excluding carboxylic acids is 1. The van der Waals surface area contributed by atoms with E-state index in [1.54, 1.807) is 0 Å². The van der Waals surface area contributed by atoms with Crippen molar-refractivity contribution in [2.75, 3.05) is 13.1 Å². The smallest absolute Gasteiger partial charge is 0.281 e. The molecule has 2 atom stereocenters. The van der Waals surface area contributed by atoms with Gasteiger partial charge in [-0.15, -0.1) is 5.10 Å². The first-order valence-electron chi connectivity index (χ1n) is 13.3. The monoisotopic (exact) mass is 587 g/mol. The summed E-state index contributed by atoms with van der Waals surface area (Å²) in [7, 11) is 0. The van der Waals surface area contributed by atoms with Crippen LogP contribution in [-0.2, 0) is 24.2 Å². The van der Waals surface area contributed by atoms with Crippen LogP contribution in [0, 0.1) is 5.95 Å². The van der Waals surface area contributed by atoms with Gasteiger partial charge in [0.2, 0.25) is 11.9 Å². The Kier molecular flexibility index (Phi) is 7.16. The van der Waals surface area contributed by atoms with Crippen molar-refractivity contribution >= 4 is 28.5 Å². The number of nitrogens with two attached hydrogens (primary N) is 1. The summed E-state index contributed by atoms with van der Waals surface area (Å²) in [6.07, 6.45) is 0.930. The quantitative estimate of drug-likeness (QED) is 0.340. The maximum absolute atomic E-state index is 13.6. The van der Waals surface area contributed by atoms with E-state index in [0.717, 1.165) is 40.2 Å². The summed E-state index contributed by atoms with van der Waals surface area (Å²) in [5, 5.41) is 14.6. The number of rotatable bonds is 7. The lowest BCUT2D eigenvalue weighted by Gasteiger charge is -2.38. The van der Waals surface area contributed by atoms with Crippen molar-refractivity contribution in [3.05, 3.63) is 64.2 Å². The predicted octanol–water partition coefficient (Wildman–Crippen LogP) is 2.53. The van der Waals surface area contributed by atoms with E-state index in [2.05, 4.69) is 26.6 Å². The summed E-state index contributed by atoms with van der Waals surface area (Å²) >= 11 is 1.20. The molecule has 0 bridgehead atoms. The first-order chi connectivity index (χ1) is 19.6. The first-order valence-corrected chi connectivity index (χ1v) is 14.1. The second-order valence-corrected chi connectivity index (χ2v) is 11.6. The van der Waals surface area contributed by atoms with Gasteiger partial charge in [-0.2, -0.15) is 8.76 Å². The molecule has 0 spiro atoms. The molecule has 6 rings (SSSR count). The van der Waals surface area contributed by atoms with Gasteiger partial charge in [-0.3, -0.25) is 18.8 Å². The zero-order valence-corrected chi connectivity index (χ0v) is 22.7. The number of alkyl halides is 2. The Labute approximate surface area is 236 Å². The van der Waals surface area contributed by atoms with E-state index in [1.165, 1.54) is 38.5 Å². The normalized spacial score (nSPS) is 19.2. The molecule has 216 valence electrons. The van der Waals surface area contributed by atoms with Crippen LogP contribution in [-0.4, -0.2) is 70.8 Å². The van der Waals surface area contributed by atoms with Crippen LogP contribution in [0.4, 0.5) is 13.2 Å². The van der Waals surface area contributed by atoms with E-state index in [4.69, 9.17) is 5.73 Å². The molecule has 3 N–H and O–H groups in total. The molecule has 4 aromatic rings. The summed E-state index contributed by atoms with van der Waals surface area (Å²) in [5.74, 6) is -1.45. The molecule has 1 aliphatic heterocycles. The number of hydrogen-bond donors (Lipinski definition) is 2. The van der Waals surface area contributed by atoms with Gasteiger partial charge in [0.05, 0.1) is 29.8 Å². The molecule has 0 radical (unpaired) electrons. The van der Waals surface area contributed by atoms with Crippen LogP contribution in [0.25, 0.3) is 21.5 Å². The number of nitrogens with zero attached hydrogens (tertiary/aromatic N) is 6. The number of halogens is 3. The van der Waals surface area contributed by atoms with E-state index in [-0.39, 0.29) is 49.6 Å². The Morgan fingerprint density at radius 1 is 1.17 bits per heavy atom. The fourth-order valence-corrected chi connectivity index (χ4v) is 6.53. The summed E-state index contributed by atoms with van der Waals surface area (Å²) in [5.41, 5.74) is 8.48. The van der Waals surface area contributed by atoms with Gasteiger partial charge in [0, 0.05) is 31.4 Å². The zero-order chi connectivity index (χ0) is 28.9. The Hall–Kier alpha value is -3.62. The standard InChI is InChI=1S/C27H28F3N7O3S/c28-20-3-6-37(33-20)19(25(29)30)12-21(38)35-7-4-27(40,5-8-35)13-36-14-32-22-23(26(36)39)34-41-24(22)16-2-1-15-10-18(31)11-17(15)9-16/h1-3,6,9,14,18-19,25,40H,4-5,7-8,10-13,31H2. The molecule has 10 nitrogen and oxygen atoms in total. The van der Waals surface area contributed by atoms with Crippen molar-refractivity contribution in [1.82, 2.24) is 28.6 Å². The van der Waals surface area contributed by atoms with Gasteiger partial charge in [0.1, 0.15) is 11.6 Å². The highest BCUT2D eigenvalue weighted by molar-refractivity contribution is 7.11. The number of piperidine rings is 1. The van der Waals surface area contributed by atoms with E-state index >= 15 is 0 Å². The third kappa shape index (κ3) is 5.38. The molecule has 2 aliphatic rings. The van der Waals surface area contributed by atoms with Gasteiger partial charge in [0.15, 0.2) is 5.52 Å². The lowest BCUT2D eigenvalue weighted by molar-refractivity contribution is -0.138. The highest BCUT2D eigenvalue weighted by Crippen LogP contribution is 2.34. The van der Waals surface area contributed by atoms with Gasteiger partial charge in [0.25, 0.3) is 12.0 Å². The van der Waals surface area contributed by atoms with Gasteiger partial charge < -0.3 is 15.7 Å². The molecule has 1 aliphatic carbocycles. The topological polar surface area (TPSA) is 132 Å². The summed E-state index contributed by atoms with van der Waals surface area (Å²) in [4.78, 5) is 32.7. The summed E-state index contributed by atoms with van der Waals surface area (Å²) in [6.45, 7) is 0.185. The summed E-state index contributed by atoms with van der Waals surface area (Å²) in [6, 6.07) is 5.60. The number of fused-ring (bicyclic) bond motifs is 2. The SMILES string of the molecule is NC1Cc2ccc(-c3snc4c(=O)n(CC5(O)CCN(C(=O)CC(C(F)F)n6ccc(F)n6)CC5)cnc34)cc2C1.